The zero-order valence-electron chi connectivity index (χ0n) is 9.90. The Morgan fingerprint density at radius 2 is 1.94 bits per heavy atom. The number of carbonyl (C=O) groups excluding carboxylic acids is 1. The number of hydrogen-bond donors (Lipinski definition) is 1. The summed E-state index contributed by atoms with van der Waals surface area (Å²) in [7, 11) is 0. The molecule has 1 aromatic rings. The van der Waals surface area contributed by atoms with Crippen molar-refractivity contribution < 1.29 is 19.4 Å². The van der Waals surface area contributed by atoms with Crippen LogP contribution in [-0.4, -0.2) is 16.9 Å². The minimum atomic E-state index is -0.752. The van der Waals surface area contributed by atoms with Crippen LogP contribution in [-0.2, 0) is 4.74 Å². The van der Waals surface area contributed by atoms with Gasteiger partial charge in [-0.1, -0.05) is 0 Å². The lowest BCUT2D eigenvalue weighted by Crippen LogP contribution is -2.25. The molecule has 0 bridgehead atoms. The van der Waals surface area contributed by atoms with E-state index < -0.39 is 11.8 Å². The molecule has 1 N–H and O–H groups in total. The first kappa shape index (κ1) is 12.4. The predicted molar refractivity (Wildman–Crippen MR) is 59.7 cm³/mol. The van der Waals surface area contributed by atoms with E-state index in [1.807, 2.05) is 0 Å². The highest BCUT2D eigenvalue weighted by molar-refractivity contribution is 5.64. The molecule has 1 rings (SSSR count). The van der Waals surface area contributed by atoms with E-state index in [1.165, 1.54) is 12.1 Å². The van der Waals surface area contributed by atoms with Crippen LogP contribution in [0.4, 0.5) is 4.79 Å². The fourth-order valence-electron chi connectivity index (χ4n) is 1.06. The normalized spacial score (nSPS) is 11.0. The summed E-state index contributed by atoms with van der Waals surface area (Å²) in [5.74, 6) is 0.515. The second kappa shape index (κ2) is 4.43. The van der Waals surface area contributed by atoms with E-state index in [0.29, 0.717) is 11.3 Å². The maximum atomic E-state index is 11.3. The molecule has 1 aromatic carbocycles. The van der Waals surface area contributed by atoms with Gasteiger partial charge in [-0.15, -0.1) is 0 Å². The quantitative estimate of drug-likeness (QED) is 0.588. The van der Waals surface area contributed by atoms with E-state index >= 15 is 0 Å². The molecule has 4 nitrogen and oxygen atoms in total. The van der Waals surface area contributed by atoms with Crippen LogP contribution in [0.25, 0.3) is 0 Å². The monoisotopic (exact) mass is 224 g/mol. The molecule has 0 saturated carbocycles. The summed E-state index contributed by atoms with van der Waals surface area (Å²) in [6, 6.07) is 4.54. The minimum absolute atomic E-state index is 0.163. The SMILES string of the molecule is Cc1cc(OC(=O)OC(C)(C)C)ccc1O. The molecule has 0 aliphatic rings. The number of benzene rings is 1. The highest BCUT2D eigenvalue weighted by Gasteiger charge is 2.18. The maximum absolute atomic E-state index is 11.3. The molecule has 0 aromatic heterocycles. The lowest BCUT2D eigenvalue weighted by atomic mass is 10.2. The van der Waals surface area contributed by atoms with Crippen molar-refractivity contribution in [2.24, 2.45) is 0 Å². The van der Waals surface area contributed by atoms with Crippen LogP contribution >= 0.6 is 0 Å². The van der Waals surface area contributed by atoms with E-state index in [2.05, 4.69) is 0 Å². The largest absolute Gasteiger partial charge is 0.514 e. The molecule has 0 unspecified atom stereocenters. The van der Waals surface area contributed by atoms with Gasteiger partial charge in [-0.25, -0.2) is 4.79 Å². The van der Waals surface area contributed by atoms with Gasteiger partial charge in [0.15, 0.2) is 0 Å². The van der Waals surface area contributed by atoms with E-state index in [4.69, 9.17) is 9.47 Å². The fourth-order valence-corrected chi connectivity index (χ4v) is 1.06. The Labute approximate surface area is 94.8 Å². The zero-order valence-corrected chi connectivity index (χ0v) is 9.90. The molecular formula is C12H16O4. The summed E-state index contributed by atoms with van der Waals surface area (Å²) >= 11 is 0. The summed E-state index contributed by atoms with van der Waals surface area (Å²) in [6.45, 7) is 7.00. The molecule has 0 saturated heterocycles. The van der Waals surface area contributed by atoms with Crippen molar-refractivity contribution in [3.05, 3.63) is 23.8 Å². The van der Waals surface area contributed by atoms with Crippen LogP contribution in [0.5, 0.6) is 11.5 Å². The minimum Gasteiger partial charge on any atom is -0.508 e. The second-order valence-corrected chi connectivity index (χ2v) is 4.51. The van der Waals surface area contributed by atoms with Gasteiger partial charge in [-0.3, -0.25) is 0 Å². The van der Waals surface area contributed by atoms with Crippen molar-refractivity contribution >= 4 is 6.16 Å². The van der Waals surface area contributed by atoms with Crippen molar-refractivity contribution in [3.8, 4) is 11.5 Å². The summed E-state index contributed by atoms with van der Waals surface area (Å²) in [4.78, 5) is 11.3. The van der Waals surface area contributed by atoms with Crippen LogP contribution in [0.1, 0.15) is 26.3 Å². The molecule has 0 radical (unpaired) electrons. The lowest BCUT2D eigenvalue weighted by Gasteiger charge is -2.18. The molecule has 0 heterocycles. The molecule has 0 spiro atoms. The second-order valence-electron chi connectivity index (χ2n) is 4.51. The number of aryl methyl sites for hydroxylation is 1. The number of phenolic OH excluding ortho intramolecular Hbond substituents is 1. The van der Waals surface area contributed by atoms with Gasteiger partial charge in [-0.05, 0) is 51.5 Å². The van der Waals surface area contributed by atoms with Crippen LogP contribution < -0.4 is 4.74 Å². The number of hydrogen-bond acceptors (Lipinski definition) is 4. The third kappa shape index (κ3) is 3.81. The highest BCUT2D eigenvalue weighted by atomic mass is 16.7. The third-order valence-electron chi connectivity index (χ3n) is 1.76. The Balaban J connectivity index is 2.67. The zero-order chi connectivity index (χ0) is 12.3. The number of ether oxygens (including phenoxy) is 2. The van der Waals surface area contributed by atoms with Crippen molar-refractivity contribution in [2.45, 2.75) is 33.3 Å². The van der Waals surface area contributed by atoms with E-state index in [0.717, 1.165) is 0 Å². The first-order valence-electron chi connectivity index (χ1n) is 4.98. The predicted octanol–water partition coefficient (Wildman–Crippen LogP) is 3.01. The smallest absolute Gasteiger partial charge is 0.508 e. The van der Waals surface area contributed by atoms with Crippen molar-refractivity contribution in [3.63, 3.8) is 0 Å². The van der Waals surface area contributed by atoms with Crippen LogP contribution in [0.15, 0.2) is 18.2 Å². The lowest BCUT2D eigenvalue weighted by molar-refractivity contribution is 0.0206. The Morgan fingerprint density at radius 1 is 1.31 bits per heavy atom. The molecule has 0 aliphatic carbocycles. The number of phenols is 1. The first-order valence-corrected chi connectivity index (χ1v) is 4.98. The van der Waals surface area contributed by atoms with Crippen molar-refractivity contribution in [2.75, 3.05) is 0 Å². The number of carbonyl (C=O) groups is 1. The average molecular weight is 224 g/mol. The molecule has 0 fully saturated rings. The summed E-state index contributed by atoms with van der Waals surface area (Å²) < 4.78 is 9.94. The Hall–Kier alpha value is -1.71. The fraction of sp³-hybridized carbons (Fsp3) is 0.417. The van der Waals surface area contributed by atoms with Gasteiger partial charge >= 0.3 is 6.16 Å². The molecule has 4 heteroatoms. The number of rotatable bonds is 1. The molecule has 0 amide bonds. The average Bonchev–Trinajstić information content (AvgIpc) is 2.08. The molecule has 88 valence electrons. The standard InChI is InChI=1S/C12H16O4/c1-8-7-9(5-6-10(8)13)15-11(14)16-12(2,3)4/h5-7,13H,1-4H3. The Morgan fingerprint density at radius 3 is 2.44 bits per heavy atom. The van der Waals surface area contributed by atoms with Gasteiger partial charge in [0.05, 0.1) is 0 Å². The van der Waals surface area contributed by atoms with Gasteiger partial charge < -0.3 is 14.6 Å². The summed E-state index contributed by atoms with van der Waals surface area (Å²) in [6.07, 6.45) is -0.752. The molecule has 0 atom stereocenters. The van der Waals surface area contributed by atoms with Gasteiger partial charge in [0.25, 0.3) is 0 Å². The summed E-state index contributed by atoms with van der Waals surface area (Å²) in [5, 5.41) is 9.29. The highest BCUT2D eigenvalue weighted by Crippen LogP contribution is 2.22. The van der Waals surface area contributed by atoms with E-state index in [1.54, 1.807) is 33.8 Å². The Bertz CT molecular complexity index is 390. The molecule has 16 heavy (non-hydrogen) atoms. The van der Waals surface area contributed by atoms with Gasteiger partial charge in [0.2, 0.25) is 0 Å². The van der Waals surface area contributed by atoms with Crippen LogP contribution in [0.2, 0.25) is 0 Å². The molecule has 0 aliphatic heterocycles. The number of aromatic hydroxyl groups is 1. The van der Waals surface area contributed by atoms with E-state index in [9.17, 15) is 9.90 Å². The third-order valence-corrected chi connectivity index (χ3v) is 1.76. The topological polar surface area (TPSA) is 55.8 Å². The van der Waals surface area contributed by atoms with Crippen molar-refractivity contribution in [1.29, 1.82) is 0 Å². The molecular weight excluding hydrogens is 208 g/mol. The Kier molecular flexibility index (Phi) is 3.42. The van der Waals surface area contributed by atoms with Gasteiger partial charge in [0.1, 0.15) is 17.1 Å². The van der Waals surface area contributed by atoms with Crippen LogP contribution in [0.3, 0.4) is 0 Å². The van der Waals surface area contributed by atoms with Crippen molar-refractivity contribution in [1.82, 2.24) is 0 Å². The summed E-state index contributed by atoms with van der Waals surface area (Å²) in [5.41, 5.74) is 0.0596. The maximum Gasteiger partial charge on any atom is 0.514 e. The van der Waals surface area contributed by atoms with Gasteiger partial charge in [-0.2, -0.15) is 0 Å². The van der Waals surface area contributed by atoms with Gasteiger partial charge in [0, 0.05) is 0 Å². The van der Waals surface area contributed by atoms with Crippen LogP contribution in [0, 0.1) is 6.92 Å². The van der Waals surface area contributed by atoms with E-state index in [-0.39, 0.29) is 5.75 Å². The first-order chi connectivity index (χ1) is 7.28.